The van der Waals surface area contributed by atoms with E-state index in [2.05, 4.69) is 12.2 Å². The first-order chi connectivity index (χ1) is 9.15. The molecule has 0 amide bonds. The minimum atomic E-state index is -0.446. The van der Waals surface area contributed by atoms with Crippen molar-refractivity contribution in [3.05, 3.63) is 21.3 Å². The zero-order valence-electron chi connectivity index (χ0n) is 11.3. The number of thiophene rings is 1. The Balaban J connectivity index is 1.63. The van der Waals surface area contributed by atoms with Crippen LogP contribution in [0.3, 0.4) is 0 Å². The second-order valence-electron chi connectivity index (χ2n) is 5.17. The summed E-state index contributed by atoms with van der Waals surface area (Å²) in [6.07, 6.45) is 4.72. The SMILES string of the molecule is CC(NCC(O)COC1CCCC1)c1ccc(Cl)s1. The molecule has 0 aromatic carbocycles. The minimum absolute atomic E-state index is 0.207. The van der Waals surface area contributed by atoms with Crippen molar-refractivity contribution < 1.29 is 9.84 Å². The fourth-order valence-corrected chi connectivity index (χ4v) is 3.42. The second-order valence-corrected chi connectivity index (χ2v) is 6.91. The Morgan fingerprint density at radius 3 is 2.84 bits per heavy atom. The molecular formula is C14H22ClNO2S. The van der Waals surface area contributed by atoms with E-state index in [0.717, 1.165) is 17.2 Å². The fraction of sp³-hybridized carbons (Fsp3) is 0.714. The number of hydrogen-bond donors (Lipinski definition) is 2. The molecular weight excluding hydrogens is 282 g/mol. The van der Waals surface area contributed by atoms with Crippen molar-refractivity contribution in [1.29, 1.82) is 0 Å². The molecule has 1 fully saturated rings. The van der Waals surface area contributed by atoms with Gasteiger partial charge < -0.3 is 15.2 Å². The number of rotatable bonds is 7. The van der Waals surface area contributed by atoms with Crippen molar-refractivity contribution in [2.24, 2.45) is 0 Å². The summed E-state index contributed by atoms with van der Waals surface area (Å²) in [6, 6.07) is 4.13. The predicted octanol–water partition coefficient (Wildman–Crippen LogP) is 3.37. The number of halogens is 1. The van der Waals surface area contributed by atoms with Crippen molar-refractivity contribution in [3.63, 3.8) is 0 Å². The lowest BCUT2D eigenvalue weighted by Gasteiger charge is -2.18. The molecule has 2 N–H and O–H groups in total. The number of nitrogens with one attached hydrogen (secondary N) is 1. The molecule has 0 aliphatic heterocycles. The van der Waals surface area contributed by atoms with Crippen LogP contribution in [-0.2, 0) is 4.74 Å². The Morgan fingerprint density at radius 1 is 1.47 bits per heavy atom. The number of aliphatic hydroxyl groups is 1. The summed E-state index contributed by atoms with van der Waals surface area (Å²) in [5.41, 5.74) is 0. The summed E-state index contributed by atoms with van der Waals surface area (Å²) in [4.78, 5) is 1.19. The molecule has 5 heteroatoms. The highest BCUT2D eigenvalue weighted by atomic mass is 35.5. The summed E-state index contributed by atoms with van der Waals surface area (Å²) in [5, 5.41) is 13.2. The molecule has 1 saturated carbocycles. The maximum Gasteiger partial charge on any atom is 0.0931 e. The summed E-state index contributed by atoms with van der Waals surface area (Å²) in [7, 11) is 0. The van der Waals surface area contributed by atoms with E-state index in [4.69, 9.17) is 16.3 Å². The Hall–Kier alpha value is -0.130. The van der Waals surface area contributed by atoms with Gasteiger partial charge in [-0.15, -0.1) is 11.3 Å². The molecule has 2 atom stereocenters. The standard InChI is InChI=1S/C14H22ClNO2S/c1-10(13-6-7-14(15)19-13)16-8-11(17)9-18-12-4-2-3-5-12/h6-7,10-12,16-17H,2-5,8-9H2,1H3. The molecule has 1 aromatic heterocycles. The summed E-state index contributed by atoms with van der Waals surface area (Å²) in [6.45, 7) is 3.05. The first-order valence-electron chi connectivity index (χ1n) is 6.93. The van der Waals surface area contributed by atoms with Crippen LogP contribution in [0, 0.1) is 0 Å². The van der Waals surface area contributed by atoms with E-state index >= 15 is 0 Å². The third-order valence-corrected chi connectivity index (χ3v) is 4.92. The van der Waals surface area contributed by atoms with Crippen LogP contribution in [0.25, 0.3) is 0 Å². The van der Waals surface area contributed by atoms with Gasteiger partial charge in [0.2, 0.25) is 0 Å². The van der Waals surface area contributed by atoms with Crippen LogP contribution in [0.15, 0.2) is 12.1 Å². The van der Waals surface area contributed by atoms with Gasteiger partial charge in [0.1, 0.15) is 0 Å². The molecule has 0 saturated heterocycles. The number of ether oxygens (including phenoxy) is 1. The minimum Gasteiger partial charge on any atom is -0.389 e. The van der Waals surface area contributed by atoms with Gasteiger partial charge in [-0.25, -0.2) is 0 Å². The predicted molar refractivity (Wildman–Crippen MR) is 80.0 cm³/mol. The highest BCUT2D eigenvalue weighted by Crippen LogP contribution is 2.26. The molecule has 2 unspecified atom stereocenters. The molecule has 0 spiro atoms. The lowest BCUT2D eigenvalue weighted by atomic mass is 10.2. The topological polar surface area (TPSA) is 41.5 Å². The molecule has 1 heterocycles. The fourth-order valence-electron chi connectivity index (χ4n) is 2.34. The van der Waals surface area contributed by atoms with Gasteiger partial charge >= 0.3 is 0 Å². The highest BCUT2D eigenvalue weighted by molar-refractivity contribution is 7.16. The van der Waals surface area contributed by atoms with E-state index in [1.807, 2.05) is 12.1 Å². The first kappa shape index (κ1) is 15.3. The molecule has 0 radical (unpaired) electrons. The lowest BCUT2D eigenvalue weighted by molar-refractivity contribution is -0.00607. The van der Waals surface area contributed by atoms with E-state index in [-0.39, 0.29) is 6.04 Å². The van der Waals surface area contributed by atoms with Crippen LogP contribution < -0.4 is 5.32 Å². The summed E-state index contributed by atoms with van der Waals surface area (Å²) >= 11 is 7.48. The van der Waals surface area contributed by atoms with Crippen LogP contribution >= 0.6 is 22.9 Å². The van der Waals surface area contributed by atoms with Crippen LogP contribution in [0.2, 0.25) is 4.34 Å². The molecule has 0 bridgehead atoms. The van der Waals surface area contributed by atoms with Crippen molar-refractivity contribution in [1.82, 2.24) is 5.32 Å². The molecule has 3 nitrogen and oxygen atoms in total. The molecule has 108 valence electrons. The van der Waals surface area contributed by atoms with Gasteiger partial charge in [-0.1, -0.05) is 24.4 Å². The Morgan fingerprint density at radius 2 is 2.21 bits per heavy atom. The van der Waals surface area contributed by atoms with Gasteiger partial charge in [-0.3, -0.25) is 0 Å². The Labute approximate surface area is 123 Å². The maximum absolute atomic E-state index is 9.90. The lowest BCUT2D eigenvalue weighted by Crippen LogP contribution is -2.32. The van der Waals surface area contributed by atoms with E-state index < -0.39 is 6.10 Å². The van der Waals surface area contributed by atoms with Crippen LogP contribution in [-0.4, -0.2) is 30.5 Å². The third kappa shape index (κ3) is 5.04. The molecule has 1 aliphatic carbocycles. The maximum atomic E-state index is 9.90. The quantitative estimate of drug-likeness (QED) is 0.811. The van der Waals surface area contributed by atoms with Crippen LogP contribution in [0.4, 0.5) is 0 Å². The Bertz CT molecular complexity index is 379. The zero-order valence-corrected chi connectivity index (χ0v) is 12.8. The van der Waals surface area contributed by atoms with Gasteiger partial charge in [0.25, 0.3) is 0 Å². The largest absolute Gasteiger partial charge is 0.389 e. The summed E-state index contributed by atoms with van der Waals surface area (Å²) < 4.78 is 6.50. The molecule has 1 aliphatic rings. The number of hydrogen-bond acceptors (Lipinski definition) is 4. The normalized spacial score (nSPS) is 19.7. The smallest absolute Gasteiger partial charge is 0.0931 e. The van der Waals surface area contributed by atoms with E-state index in [1.54, 1.807) is 11.3 Å². The monoisotopic (exact) mass is 303 g/mol. The van der Waals surface area contributed by atoms with Gasteiger partial charge in [0, 0.05) is 17.5 Å². The van der Waals surface area contributed by atoms with E-state index in [9.17, 15) is 5.11 Å². The van der Waals surface area contributed by atoms with Crippen LogP contribution in [0.5, 0.6) is 0 Å². The average molecular weight is 304 g/mol. The molecule has 19 heavy (non-hydrogen) atoms. The zero-order chi connectivity index (χ0) is 13.7. The van der Waals surface area contributed by atoms with E-state index in [1.165, 1.54) is 17.7 Å². The van der Waals surface area contributed by atoms with Crippen molar-refractivity contribution in [2.45, 2.75) is 50.9 Å². The third-order valence-electron chi connectivity index (χ3n) is 3.51. The van der Waals surface area contributed by atoms with Crippen molar-refractivity contribution in [2.75, 3.05) is 13.2 Å². The Kier molecular flexibility index (Phi) is 6.10. The molecule has 2 rings (SSSR count). The van der Waals surface area contributed by atoms with Gasteiger partial charge in [0.05, 0.1) is 23.2 Å². The van der Waals surface area contributed by atoms with Crippen molar-refractivity contribution in [3.8, 4) is 0 Å². The van der Waals surface area contributed by atoms with E-state index in [0.29, 0.717) is 19.3 Å². The second kappa shape index (κ2) is 7.60. The van der Waals surface area contributed by atoms with Gasteiger partial charge in [-0.05, 0) is 31.9 Å². The molecule has 1 aromatic rings. The summed E-state index contributed by atoms with van der Waals surface area (Å²) in [5.74, 6) is 0. The average Bonchev–Trinajstić information content (AvgIpc) is 3.04. The van der Waals surface area contributed by atoms with Crippen LogP contribution in [0.1, 0.15) is 43.5 Å². The van der Waals surface area contributed by atoms with Gasteiger partial charge in [-0.2, -0.15) is 0 Å². The first-order valence-corrected chi connectivity index (χ1v) is 8.13. The van der Waals surface area contributed by atoms with Gasteiger partial charge in [0.15, 0.2) is 0 Å². The van der Waals surface area contributed by atoms with Crippen molar-refractivity contribution >= 4 is 22.9 Å². The number of aliphatic hydroxyl groups excluding tert-OH is 1. The highest BCUT2D eigenvalue weighted by Gasteiger charge is 2.17.